The molecule has 1 aliphatic carbocycles. The van der Waals surface area contributed by atoms with E-state index >= 15 is 0 Å². The van der Waals surface area contributed by atoms with E-state index in [1.54, 1.807) is 37.5 Å². The van der Waals surface area contributed by atoms with Crippen LogP contribution in [0, 0.1) is 6.92 Å². The number of halogens is 1. The minimum atomic E-state index is -0.153. The molecular formula is C30H35ClN8O2. The second-order valence-corrected chi connectivity index (χ2v) is 10.9. The highest BCUT2D eigenvalue weighted by molar-refractivity contribution is 6.33. The van der Waals surface area contributed by atoms with E-state index in [1.807, 2.05) is 48.0 Å². The van der Waals surface area contributed by atoms with Gasteiger partial charge in [0.25, 0.3) is 5.91 Å². The molecule has 11 heteroatoms. The molecule has 0 aliphatic heterocycles. The Hall–Kier alpha value is -3.99. The standard InChI is InChI=1S/C30H35ClN8O2/c1-18-12-26(30(40)38(2)10-11-41-3)34-15-22(18)19-13-27-28(36-21-9-8-20(32)14-21)23(16-35-39(27)17-19)29(33)37-25-7-5-4-6-24(25)31/h4-7,12-13,15-17,20-21,36H,8-11,14,32H2,1-3H3,(H2,33,37)/t20-,21+/m0/s1. The van der Waals surface area contributed by atoms with Crippen LogP contribution < -0.4 is 16.8 Å². The van der Waals surface area contributed by atoms with Crippen LogP contribution in [0.5, 0.6) is 0 Å². The lowest BCUT2D eigenvalue weighted by Crippen LogP contribution is -2.30. The summed E-state index contributed by atoms with van der Waals surface area (Å²) in [6.45, 7) is 2.92. The van der Waals surface area contributed by atoms with E-state index in [1.165, 1.54) is 0 Å². The van der Waals surface area contributed by atoms with Crippen LogP contribution in [-0.4, -0.2) is 70.6 Å². The number of pyridine rings is 1. The molecule has 4 aromatic rings. The molecule has 3 aromatic heterocycles. The number of para-hydroxylation sites is 1. The fourth-order valence-electron chi connectivity index (χ4n) is 5.13. The number of fused-ring (bicyclic) bond motifs is 1. The van der Waals surface area contributed by atoms with Crippen LogP contribution in [0.2, 0.25) is 5.02 Å². The van der Waals surface area contributed by atoms with E-state index in [-0.39, 0.29) is 18.0 Å². The monoisotopic (exact) mass is 574 g/mol. The Labute approximate surface area is 244 Å². The molecule has 1 fully saturated rings. The van der Waals surface area contributed by atoms with Crippen molar-refractivity contribution in [3.05, 3.63) is 76.8 Å². The summed E-state index contributed by atoms with van der Waals surface area (Å²) in [7, 11) is 3.35. The number of aromatic nitrogens is 3. The molecule has 1 saturated carbocycles. The van der Waals surface area contributed by atoms with E-state index in [0.717, 1.165) is 47.2 Å². The van der Waals surface area contributed by atoms with Crippen molar-refractivity contribution < 1.29 is 9.53 Å². The van der Waals surface area contributed by atoms with E-state index in [4.69, 9.17) is 27.8 Å². The van der Waals surface area contributed by atoms with Crippen molar-refractivity contribution >= 4 is 40.2 Å². The number of carbonyl (C=O) groups excluding carboxylic acids is 1. The number of ether oxygens (including phenoxy) is 1. The first-order valence-corrected chi connectivity index (χ1v) is 14.0. The van der Waals surface area contributed by atoms with Gasteiger partial charge >= 0.3 is 0 Å². The topological polar surface area (TPSA) is 136 Å². The van der Waals surface area contributed by atoms with Crippen LogP contribution in [0.15, 0.2) is 60.0 Å². The molecule has 41 heavy (non-hydrogen) atoms. The molecule has 1 amide bonds. The van der Waals surface area contributed by atoms with Crippen molar-refractivity contribution in [3.63, 3.8) is 0 Å². The lowest BCUT2D eigenvalue weighted by atomic mass is 10.0. The number of amidine groups is 1. The molecule has 1 aliphatic rings. The summed E-state index contributed by atoms with van der Waals surface area (Å²) in [6, 6.07) is 11.5. The predicted molar refractivity (Wildman–Crippen MR) is 163 cm³/mol. The van der Waals surface area contributed by atoms with Gasteiger partial charge in [0.1, 0.15) is 11.5 Å². The molecule has 0 saturated heterocycles. The number of nitrogens with two attached hydrogens (primary N) is 2. The minimum absolute atomic E-state index is 0.153. The lowest BCUT2D eigenvalue weighted by Gasteiger charge is -2.18. The number of nitrogens with one attached hydrogen (secondary N) is 1. The fraction of sp³-hybridized carbons (Fsp3) is 0.333. The van der Waals surface area contributed by atoms with Crippen LogP contribution >= 0.6 is 11.6 Å². The molecule has 3 heterocycles. The number of benzene rings is 1. The summed E-state index contributed by atoms with van der Waals surface area (Å²) in [5, 5.41) is 8.86. The Bertz CT molecular complexity index is 1600. The number of likely N-dealkylation sites (N-methyl/N-ethyl adjacent to an activating group) is 1. The summed E-state index contributed by atoms with van der Waals surface area (Å²) in [4.78, 5) is 23.5. The summed E-state index contributed by atoms with van der Waals surface area (Å²) < 4.78 is 6.90. The highest BCUT2D eigenvalue weighted by Gasteiger charge is 2.25. The third kappa shape index (κ3) is 6.19. The number of carbonyl (C=O) groups is 1. The zero-order chi connectivity index (χ0) is 29.1. The van der Waals surface area contributed by atoms with Gasteiger partial charge in [0, 0.05) is 56.3 Å². The van der Waals surface area contributed by atoms with Gasteiger partial charge in [0.15, 0.2) is 0 Å². The Balaban J connectivity index is 1.54. The number of amides is 1. The molecule has 214 valence electrons. The molecule has 2 atom stereocenters. The first kappa shape index (κ1) is 28.5. The van der Waals surface area contributed by atoms with Crippen molar-refractivity contribution in [3.8, 4) is 11.1 Å². The summed E-state index contributed by atoms with van der Waals surface area (Å²) in [5.74, 6) is 0.151. The quantitative estimate of drug-likeness (QED) is 0.199. The van der Waals surface area contributed by atoms with Gasteiger partial charge in [-0.15, -0.1) is 0 Å². The largest absolute Gasteiger partial charge is 0.383 e. The smallest absolute Gasteiger partial charge is 0.272 e. The van der Waals surface area contributed by atoms with Crippen LogP contribution in [0.4, 0.5) is 11.4 Å². The number of anilines is 1. The second kappa shape index (κ2) is 12.3. The molecule has 10 nitrogen and oxygen atoms in total. The van der Waals surface area contributed by atoms with Gasteiger partial charge in [-0.3, -0.25) is 9.78 Å². The van der Waals surface area contributed by atoms with Crippen LogP contribution in [0.1, 0.15) is 40.9 Å². The van der Waals surface area contributed by atoms with Gasteiger partial charge in [-0.2, -0.15) is 5.10 Å². The Morgan fingerprint density at radius 1 is 1.27 bits per heavy atom. The Morgan fingerprint density at radius 2 is 2.07 bits per heavy atom. The van der Waals surface area contributed by atoms with Gasteiger partial charge in [0.05, 0.1) is 40.3 Å². The number of rotatable bonds is 9. The van der Waals surface area contributed by atoms with E-state index in [0.29, 0.717) is 41.0 Å². The maximum Gasteiger partial charge on any atom is 0.272 e. The average Bonchev–Trinajstić information content (AvgIpc) is 3.58. The van der Waals surface area contributed by atoms with Crippen molar-refractivity contribution in [2.75, 3.05) is 32.6 Å². The third-order valence-corrected chi connectivity index (χ3v) is 7.77. The number of methoxy groups -OCH3 is 1. The molecule has 0 radical (unpaired) electrons. The van der Waals surface area contributed by atoms with Crippen molar-refractivity contribution in [2.24, 2.45) is 16.5 Å². The summed E-state index contributed by atoms with van der Waals surface area (Å²) in [5.41, 5.74) is 18.8. The van der Waals surface area contributed by atoms with Gasteiger partial charge in [-0.25, -0.2) is 9.51 Å². The summed E-state index contributed by atoms with van der Waals surface area (Å²) in [6.07, 6.45) is 8.18. The highest BCUT2D eigenvalue weighted by atomic mass is 35.5. The van der Waals surface area contributed by atoms with Crippen LogP contribution in [0.3, 0.4) is 0 Å². The molecule has 0 bridgehead atoms. The van der Waals surface area contributed by atoms with E-state index < -0.39 is 0 Å². The van der Waals surface area contributed by atoms with Crippen molar-refractivity contribution in [2.45, 2.75) is 38.3 Å². The zero-order valence-corrected chi connectivity index (χ0v) is 24.2. The van der Waals surface area contributed by atoms with Gasteiger partial charge < -0.3 is 26.4 Å². The van der Waals surface area contributed by atoms with Crippen LogP contribution in [-0.2, 0) is 4.74 Å². The number of aliphatic imine (C=N–C) groups is 1. The minimum Gasteiger partial charge on any atom is -0.383 e. The lowest BCUT2D eigenvalue weighted by molar-refractivity contribution is 0.0738. The molecule has 5 N–H and O–H groups in total. The predicted octanol–water partition coefficient (Wildman–Crippen LogP) is 4.41. The van der Waals surface area contributed by atoms with E-state index in [2.05, 4.69) is 20.4 Å². The Kier molecular flexibility index (Phi) is 8.53. The summed E-state index contributed by atoms with van der Waals surface area (Å²) >= 11 is 6.35. The van der Waals surface area contributed by atoms with Crippen LogP contribution in [0.25, 0.3) is 16.6 Å². The molecular weight excluding hydrogens is 540 g/mol. The van der Waals surface area contributed by atoms with Gasteiger partial charge in [-0.05, 0) is 56.0 Å². The highest BCUT2D eigenvalue weighted by Crippen LogP contribution is 2.33. The molecule has 5 rings (SSSR count). The first-order chi connectivity index (χ1) is 19.7. The maximum absolute atomic E-state index is 12.8. The molecule has 0 unspecified atom stereocenters. The van der Waals surface area contributed by atoms with Crippen molar-refractivity contribution in [1.29, 1.82) is 0 Å². The number of aryl methyl sites for hydroxylation is 1. The SMILES string of the molecule is COCCN(C)C(=O)c1cc(C)c(-c2cc3c(N[C@@H]4CC[C@H](N)C4)c(C(N)=Nc4ccccc4Cl)cnn3c2)cn1. The third-order valence-electron chi connectivity index (χ3n) is 7.45. The normalized spacial score (nSPS) is 17.2. The number of nitrogens with zero attached hydrogens (tertiary/aromatic N) is 5. The average molecular weight is 575 g/mol. The molecule has 0 spiro atoms. The van der Waals surface area contributed by atoms with Crippen molar-refractivity contribution in [1.82, 2.24) is 19.5 Å². The van der Waals surface area contributed by atoms with Gasteiger partial charge in [0.2, 0.25) is 0 Å². The molecule has 1 aromatic carbocycles. The number of hydrogen-bond donors (Lipinski definition) is 3. The Morgan fingerprint density at radius 3 is 2.78 bits per heavy atom. The number of hydrogen-bond acceptors (Lipinski definition) is 7. The second-order valence-electron chi connectivity index (χ2n) is 10.5. The van der Waals surface area contributed by atoms with E-state index in [9.17, 15) is 4.79 Å². The first-order valence-electron chi connectivity index (χ1n) is 13.6. The zero-order valence-electron chi connectivity index (χ0n) is 23.5. The fourth-order valence-corrected chi connectivity index (χ4v) is 5.31. The van der Waals surface area contributed by atoms with Gasteiger partial charge in [-0.1, -0.05) is 23.7 Å². The maximum atomic E-state index is 12.8.